The molecular weight excluding hydrogens is 498 g/mol. The SMILES string of the molecule is CC1CCC2C(C)(C)C(=NNC(N)=O)C(NS(C)(=O)=O)CC23OC2C(CC13C)C(O)CC1C(=O)NCC12. The number of hydrazone groups is 1. The summed E-state index contributed by atoms with van der Waals surface area (Å²) in [7, 11) is -3.64. The minimum absolute atomic E-state index is 0.0296. The van der Waals surface area contributed by atoms with Crippen LogP contribution in [0.1, 0.15) is 59.8 Å². The number of nitrogens with one attached hydrogen (secondary N) is 3. The fraction of sp³-hybridized carbons (Fsp3) is 0.880. The summed E-state index contributed by atoms with van der Waals surface area (Å²) in [5, 5.41) is 18.5. The Bertz CT molecular complexity index is 1130. The van der Waals surface area contributed by atoms with Gasteiger partial charge in [0.25, 0.3) is 0 Å². The molecule has 0 bridgehead atoms. The van der Waals surface area contributed by atoms with Crippen LogP contribution in [-0.4, -0.2) is 67.8 Å². The third-order valence-corrected chi connectivity index (χ3v) is 11.4. The molecule has 11 nitrogen and oxygen atoms in total. The molecule has 208 valence electrons. The number of hydrogen-bond acceptors (Lipinski definition) is 7. The molecule has 37 heavy (non-hydrogen) atoms. The van der Waals surface area contributed by atoms with E-state index in [2.05, 4.69) is 34.4 Å². The van der Waals surface area contributed by atoms with Crippen LogP contribution in [0, 0.1) is 40.4 Å². The van der Waals surface area contributed by atoms with Gasteiger partial charge in [0.2, 0.25) is 15.9 Å². The molecule has 0 aromatic carbocycles. The van der Waals surface area contributed by atoms with Crippen molar-refractivity contribution >= 4 is 27.7 Å². The van der Waals surface area contributed by atoms with Crippen molar-refractivity contribution in [1.82, 2.24) is 15.5 Å². The van der Waals surface area contributed by atoms with E-state index in [1.54, 1.807) is 0 Å². The van der Waals surface area contributed by atoms with Gasteiger partial charge in [0, 0.05) is 29.7 Å². The summed E-state index contributed by atoms with van der Waals surface area (Å²) < 4.78 is 35.1. The highest BCUT2D eigenvalue weighted by molar-refractivity contribution is 7.88. The maximum atomic E-state index is 12.6. The number of aliphatic hydroxyl groups is 1. The van der Waals surface area contributed by atoms with Crippen molar-refractivity contribution in [3.63, 3.8) is 0 Å². The number of ether oxygens (including phenoxy) is 1. The van der Waals surface area contributed by atoms with Crippen LogP contribution >= 0.6 is 0 Å². The minimum atomic E-state index is -3.64. The monoisotopic (exact) mass is 539 g/mol. The smallest absolute Gasteiger partial charge is 0.332 e. The van der Waals surface area contributed by atoms with Crippen molar-refractivity contribution in [3.05, 3.63) is 0 Å². The number of aliphatic hydroxyl groups excluding tert-OH is 1. The topological polar surface area (TPSA) is 172 Å². The molecule has 2 heterocycles. The van der Waals surface area contributed by atoms with Gasteiger partial charge >= 0.3 is 6.03 Å². The van der Waals surface area contributed by atoms with Gasteiger partial charge in [-0.05, 0) is 49.4 Å². The number of urea groups is 1. The summed E-state index contributed by atoms with van der Waals surface area (Å²) in [6, 6.07) is -1.54. The van der Waals surface area contributed by atoms with E-state index in [1.807, 2.05) is 13.8 Å². The molecule has 0 radical (unpaired) electrons. The Kier molecular flexibility index (Phi) is 6.25. The zero-order chi connectivity index (χ0) is 27.1. The van der Waals surface area contributed by atoms with Gasteiger partial charge < -0.3 is 20.9 Å². The fourth-order valence-corrected chi connectivity index (χ4v) is 9.62. The summed E-state index contributed by atoms with van der Waals surface area (Å²) in [4.78, 5) is 24.1. The lowest BCUT2D eigenvalue weighted by Gasteiger charge is -2.70. The lowest BCUT2D eigenvalue weighted by molar-refractivity contribution is -0.319. The van der Waals surface area contributed by atoms with Crippen molar-refractivity contribution in [2.75, 3.05) is 12.8 Å². The van der Waals surface area contributed by atoms with E-state index >= 15 is 0 Å². The van der Waals surface area contributed by atoms with E-state index < -0.39 is 39.2 Å². The fourth-order valence-electron chi connectivity index (χ4n) is 8.91. The van der Waals surface area contributed by atoms with Crippen LogP contribution in [0.25, 0.3) is 0 Å². The molecule has 1 spiro atoms. The van der Waals surface area contributed by atoms with E-state index in [0.29, 0.717) is 25.1 Å². The molecule has 12 heteroatoms. The first kappa shape index (κ1) is 26.8. The maximum absolute atomic E-state index is 12.6. The molecule has 3 amide bonds. The lowest BCUT2D eigenvalue weighted by atomic mass is 9.41. The number of rotatable bonds is 3. The van der Waals surface area contributed by atoms with Crippen molar-refractivity contribution in [1.29, 1.82) is 0 Å². The Hall–Kier alpha value is -1.76. The van der Waals surface area contributed by atoms with Gasteiger partial charge in [-0.3, -0.25) is 4.79 Å². The second-order valence-corrected chi connectivity index (χ2v) is 14.7. The predicted octanol–water partition coefficient (Wildman–Crippen LogP) is 0.682. The zero-order valence-electron chi connectivity index (χ0n) is 22.3. The second kappa shape index (κ2) is 8.62. The normalized spacial score (nSPS) is 47.7. The Labute approximate surface area is 218 Å². The lowest BCUT2D eigenvalue weighted by Crippen LogP contribution is -2.75. The molecule has 0 aromatic heterocycles. The molecule has 5 aliphatic rings. The number of primary amides is 1. The first-order valence-corrected chi connectivity index (χ1v) is 15.2. The maximum Gasteiger partial charge on any atom is 0.332 e. The van der Waals surface area contributed by atoms with E-state index in [-0.39, 0.29) is 47.0 Å². The Morgan fingerprint density at radius 1 is 1.22 bits per heavy atom. The van der Waals surface area contributed by atoms with Crippen LogP contribution in [0.4, 0.5) is 4.79 Å². The van der Waals surface area contributed by atoms with E-state index in [1.165, 1.54) is 0 Å². The molecular formula is C25H41N5O6S. The number of nitrogens with zero attached hydrogens (tertiary/aromatic N) is 1. The van der Waals surface area contributed by atoms with E-state index in [9.17, 15) is 23.1 Å². The standard InChI is InChI=1S/C25H41N5O6S/c1-12-6-7-18-23(2,3)20(28-29-22(26)33)16(30-37(5,34)35)10-25(18)24(12,4)9-14-17(31)8-13-15(19(14)36-25)11-27-21(13)32/h12-19,30-31H,6-11H2,1-5H3,(H,27,32)(H3,26,29,33). The van der Waals surface area contributed by atoms with Gasteiger partial charge in [-0.15, -0.1) is 0 Å². The highest BCUT2D eigenvalue weighted by atomic mass is 32.2. The number of carbonyl (C=O) groups excluding carboxylic acids is 2. The van der Waals surface area contributed by atoms with Gasteiger partial charge in [0.1, 0.15) is 0 Å². The predicted molar refractivity (Wildman–Crippen MR) is 137 cm³/mol. The summed E-state index contributed by atoms with van der Waals surface area (Å²) in [6.45, 7) is 9.04. The average Bonchev–Trinajstić information content (AvgIpc) is 3.12. The Morgan fingerprint density at radius 2 is 1.92 bits per heavy atom. The molecule has 3 aliphatic carbocycles. The third kappa shape index (κ3) is 4.01. The first-order valence-electron chi connectivity index (χ1n) is 13.3. The largest absolute Gasteiger partial charge is 0.393 e. The van der Waals surface area contributed by atoms with Crippen molar-refractivity contribution in [3.8, 4) is 0 Å². The van der Waals surface area contributed by atoms with Crippen LogP contribution in [0.2, 0.25) is 0 Å². The number of amides is 3. The third-order valence-electron chi connectivity index (χ3n) is 10.7. The molecule has 5 fully saturated rings. The second-order valence-electron chi connectivity index (χ2n) is 12.9. The van der Waals surface area contributed by atoms with E-state index in [4.69, 9.17) is 10.5 Å². The first-order chi connectivity index (χ1) is 17.1. The van der Waals surface area contributed by atoms with Gasteiger partial charge in [-0.2, -0.15) is 5.10 Å². The molecule has 3 saturated carbocycles. The Morgan fingerprint density at radius 3 is 2.57 bits per heavy atom. The number of nitrogens with two attached hydrogens (primary N) is 1. The summed E-state index contributed by atoms with van der Waals surface area (Å²) in [5.41, 5.74) is 6.45. The highest BCUT2D eigenvalue weighted by Crippen LogP contribution is 2.68. The van der Waals surface area contributed by atoms with Crippen molar-refractivity contribution in [2.24, 2.45) is 51.3 Å². The molecule has 2 aliphatic heterocycles. The van der Waals surface area contributed by atoms with Crippen molar-refractivity contribution in [2.45, 2.75) is 83.6 Å². The quantitative estimate of drug-likeness (QED) is 0.330. The molecule has 2 saturated heterocycles. The minimum Gasteiger partial charge on any atom is -0.393 e. The molecule has 5 rings (SSSR count). The Balaban J connectivity index is 1.64. The summed E-state index contributed by atoms with van der Waals surface area (Å²) in [6.07, 6.45) is 3.49. The molecule has 10 atom stereocenters. The molecule has 6 N–H and O–H groups in total. The van der Waals surface area contributed by atoms with Gasteiger partial charge in [0.05, 0.1) is 35.8 Å². The van der Waals surface area contributed by atoms with E-state index in [0.717, 1.165) is 25.5 Å². The molecule has 10 unspecified atom stereocenters. The van der Waals surface area contributed by atoms with Crippen LogP contribution in [0.15, 0.2) is 5.10 Å². The van der Waals surface area contributed by atoms with Crippen LogP contribution in [0.3, 0.4) is 0 Å². The summed E-state index contributed by atoms with van der Waals surface area (Å²) in [5.74, 6) is -0.200. The van der Waals surface area contributed by atoms with Crippen LogP contribution < -0.4 is 21.2 Å². The van der Waals surface area contributed by atoms with Crippen molar-refractivity contribution < 1.29 is 27.9 Å². The van der Waals surface area contributed by atoms with Gasteiger partial charge in [0.15, 0.2) is 0 Å². The average molecular weight is 540 g/mol. The highest BCUT2D eigenvalue weighted by Gasteiger charge is 2.71. The number of sulfonamides is 1. The number of hydrogen-bond donors (Lipinski definition) is 5. The molecule has 0 aromatic rings. The number of fused-ring (bicyclic) bond motifs is 3. The number of carbonyl (C=O) groups is 2. The zero-order valence-corrected chi connectivity index (χ0v) is 23.1. The van der Waals surface area contributed by atoms with Gasteiger partial charge in [-0.25, -0.2) is 23.4 Å². The summed E-state index contributed by atoms with van der Waals surface area (Å²) >= 11 is 0. The van der Waals surface area contributed by atoms with Crippen LogP contribution in [-0.2, 0) is 19.6 Å². The van der Waals surface area contributed by atoms with Crippen LogP contribution in [0.5, 0.6) is 0 Å². The van der Waals surface area contributed by atoms with Gasteiger partial charge in [-0.1, -0.05) is 27.7 Å².